The van der Waals surface area contributed by atoms with E-state index in [0.717, 1.165) is 5.56 Å². The van der Waals surface area contributed by atoms with E-state index < -0.39 is 24.1 Å². The first-order valence-electron chi connectivity index (χ1n) is 8.75. The van der Waals surface area contributed by atoms with Crippen molar-refractivity contribution in [3.63, 3.8) is 0 Å². The monoisotopic (exact) mass is 396 g/mol. The molecule has 7 heteroatoms. The number of carbonyl (C=O) groups is 1. The number of amides is 1. The van der Waals surface area contributed by atoms with Crippen LogP contribution in [-0.2, 0) is 10.2 Å². The first-order chi connectivity index (χ1) is 12.7. The Bertz CT molecular complexity index is 795. The summed E-state index contributed by atoms with van der Waals surface area (Å²) in [7, 11) is 0. The van der Waals surface area contributed by atoms with Gasteiger partial charge >= 0.3 is 6.18 Å². The van der Waals surface area contributed by atoms with Crippen LogP contribution < -0.4 is 0 Å². The molecule has 1 saturated heterocycles. The lowest BCUT2D eigenvalue weighted by Gasteiger charge is -2.43. The van der Waals surface area contributed by atoms with Crippen LogP contribution in [0.15, 0.2) is 48.7 Å². The molecule has 1 amide bonds. The van der Waals surface area contributed by atoms with Gasteiger partial charge in [-0.3, -0.25) is 9.78 Å². The van der Waals surface area contributed by atoms with E-state index >= 15 is 0 Å². The number of hydrogen-bond donors (Lipinski definition) is 0. The summed E-state index contributed by atoms with van der Waals surface area (Å²) >= 11 is 5.94. The molecule has 1 aromatic carbocycles. The summed E-state index contributed by atoms with van der Waals surface area (Å²) in [6.07, 6.45) is -2.88. The molecule has 2 aromatic rings. The molecule has 144 valence electrons. The average Bonchev–Trinajstić information content (AvgIpc) is 2.63. The molecule has 0 spiro atoms. The highest BCUT2D eigenvalue weighted by Gasteiger charge is 2.46. The fraction of sp³-hybridized carbons (Fsp3) is 0.400. The van der Waals surface area contributed by atoms with Gasteiger partial charge < -0.3 is 4.90 Å². The van der Waals surface area contributed by atoms with E-state index in [-0.39, 0.29) is 18.1 Å². The second-order valence-corrected chi connectivity index (χ2v) is 7.47. The fourth-order valence-electron chi connectivity index (χ4n) is 3.68. The fourth-order valence-corrected chi connectivity index (χ4v) is 3.80. The van der Waals surface area contributed by atoms with Gasteiger partial charge in [0.2, 0.25) is 5.91 Å². The van der Waals surface area contributed by atoms with Gasteiger partial charge in [-0.2, -0.15) is 13.2 Å². The van der Waals surface area contributed by atoms with Crippen LogP contribution in [0.1, 0.15) is 43.5 Å². The molecule has 0 radical (unpaired) electrons. The van der Waals surface area contributed by atoms with E-state index in [4.69, 9.17) is 11.6 Å². The number of rotatable bonds is 4. The molecule has 1 aromatic heterocycles. The highest BCUT2D eigenvalue weighted by atomic mass is 35.5. The van der Waals surface area contributed by atoms with Crippen LogP contribution in [0.5, 0.6) is 0 Å². The average molecular weight is 397 g/mol. The lowest BCUT2D eigenvalue weighted by atomic mass is 9.74. The summed E-state index contributed by atoms with van der Waals surface area (Å²) < 4.78 is 39.8. The second-order valence-electron chi connectivity index (χ2n) is 7.03. The number of aromatic nitrogens is 1. The number of nitrogens with zero attached hydrogens (tertiary/aromatic N) is 2. The van der Waals surface area contributed by atoms with Crippen LogP contribution >= 0.6 is 11.6 Å². The molecule has 3 nitrogen and oxygen atoms in total. The van der Waals surface area contributed by atoms with Crippen molar-refractivity contribution >= 4 is 17.5 Å². The molecular weight excluding hydrogens is 377 g/mol. The summed E-state index contributed by atoms with van der Waals surface area (Å²) in [6, 6.07) is 10.6. The largest absolute Gasteiger partial charge is 0.391 e. The molecule has 2 atom stereocenters. The Hall–Kier alpha value is -2.08. The lowest BCUT2D eigenvalue weighted by molar-refractivity contribution is -0.161. The normalized spacial score (nSPS) is 22.0. The molecule has 0 N–H and O–H groups in total. The van der Waals surface area contributed by atoms with Gasteiger partial charge in [-0.05, 0) is 49.6 Å². The molecule has 0 aliphatic carbocycles. The van der Waals surface area contributed by atoms with Crippen LogP contribution in [0.3, 0.4) is 0 Å². The summed E-state index contributed by atoms with van der Waals surface area (Å²) in [6.45, 7) is 2.06. The maximum atomic E-state index is 13.3. The zero-order valence-electron chi connectivity index (χ0n) is 14.8. The van der Waals surface area contributed by atoms with Crippen molar-refractivity contribution in [2.24, 2.45) is 0 Å². The van der Waals surface area contributed by atoms with Gasteiger partial charge in [0.25, 0.3) is 0 Å². The number of carbonyl (C=O) groups excluding carboxylic acids is 1. The van der Waals surface area contributed by atoms with Crippen molar-refractivity contribution in [3.8, 4) is 0 Å². The van der Waals surface area contributed by atoms with Crippen LogP contribution in [0.2, 0.25) is 5.02 Å². The van der Waals surface area contributed by atoms with E-state index in [2.05, 4.69) is 4.98 Å². The first-order valence-corrected chi connectivity index (χ1v) is 9.13. The Labute approximate surface area is 161 Å². The molecule has 1 unspecified atom stereocenters. The van der Waals surface area contributed by atoms with Crippen LogP contribution in [-0.4, -0.2) is 28.5 Å². The molecule has 1 aliphatic rings. The van der Waals surface area contributed by atoms with Gasteiger partial charge in [-0.1, -0.05) is 29.8 Å². The smallest absolute Gasteiger partial charge is 0.333 e. The third-order valence-corrected chi connectivity index (χ3v) is 5.37. The minimum Gasteiger partial charge on any atom is -0.333 e. The molecule has 0 bridgehead atoms. The number of piperidine rings is 1. The number of likely N-dealkylation sites (tertiary alicyclic amines) is 1. The van der Waals surface area contributed by atoms with Crippen LogP contribution in [0.25, 0.3) is 0 Å². The quantitative estimate of drug-likeness (QED) is 0.701. The van der Waals surface area contributed by atoms with E-state index in [1.807, 2.05) is 0 Å². The highest BCUT2D eigenvalue weighted by Crippen LogP contribution is 2.41. The summed E-state index contributed by atoms with van der Waals surface area (Å²) in [5.74, 6) is -0.309. The Morgan fingerprint density at radius 2 is 1.93 bits per heavy atom. The van der Waals surface area contributed by atoms with Gasteiger partial charge in [0.1, 0.15) is 0 Å². The maximum absolute atomic E-state index is 13.3. The lowest BCUT2D eigenvalue weighted by Crippen LogP contribution is -2.51. The number of pyridine rings is 1. The Kier molecular flexibility index (Phi) is 5.47. The van der Waals surface area contributed by atoms with E-state index in [0.29, 0.717) is 17.9 Å². The molecule has 1 fully saturated rings. The first kappa shape index (κ1) is 19.7. The van der Waals surface area contributed by atoms with Gasteiger partial charge in [0.15, 0.2) is 0 Å². The number of halogens is 4. The third kappa shape index (κ3) is 4.26. The number of alkyl halides is 3. The van der Waals surface area contributed by atoms with Gasteiger partial charge in [0.05, 0.1) is 23.6 Å². The molecular formula is C20H20ClF3N2O. The zero-order chi connectivity index (χ0) is 19.7. The van der Waals surface area contributed by atoms with E-state index in [1.165, 1.54) is 17.2 Å². The zero-order valence-corrected chi connectivity index (χ0v) is 15.6. The number of benzene rings is 1. The summed E-state index contributed by atoms with van der Waals surface area (Å²) in [5, 5.41) is 0.547. The second kappa shape index (κ2) is 7.50. The topological polar surface area (TPSA) is 33.2 Å². The third-order valence-electron chi connectivity index (χ3n) is 5.12. The molecule has 0 saturated carbocycles. The molecule has 3 rings (SSSR count). The Morgan fingerprint density at radius 3 is 2.52 bits per heavy atom. The Balaban J connectivity index is 1.97. The number of hydrogen-bond acceptors (Lipinski definition) is 2. The highest BCUT2D eigenvalue weighted by molar-refractivity contribution is 6.30. The summed E-state index contributed by atoms with van der Waals surface area (Å²) in [4.78, 5) is 18.8. The SMILES string of the molecule is CC1(c2ccc(Cl)cc2)CCCN([C@H](CC(F)(F)F)c2ccccn2)C1=O. The van der Waals surface area contributed by atoms with Crippen LogP contribution in [0, 0.1) is 0 Å². The molecule has 1 aliphatic heterocycles. The Morgan fingerprint density at radius 1 is 1.22 bits per heavy atom. The summed E-state index contributed by atoms with van der Waals surface area (Å²) in [5.41, 5.74) is 0.124. The predicted octanol–water partition coefficient (Wildman–Crippen LogP) is 5.31. The van der Waals surface area contributed by atoms with Gasteiger partial charge in [0, 0.05) is 17.8 Å². The van der Waals surface area contributed by atoms with Crippen molar-refractivity contribution in [3.05, 3.63) is 64.9 Å². The standard InChI is InChI=1S/C20H20ClF3N2O/c1-19(14-6-8-15(21)9-7-14)10-4-12-26(18(19)27)17(13-20(22,23)24)16-5-2-3-11-25-16/h2-3,5-9,11,17H,4,10,12-13H2,1H3/t17-,19?/m1/s1. The van der Waals surface area contributed by atoms with Crippen molar-refractivity contribution in [1.29, 1.82) is 0 Å². The van der Waals surface area contributed by atoms with Crippen molar-refractivity contribution in [2.75, 3.05) is 6.54 Å². The van der Waals surface area contributed by atoms with Gasteiger partial charge in [-0.25, -0.2) is 0 Å². The van der Waals surface area contributed by atoms with E-state index in [9.17, 15) is 18.0 Å². The van der Waals surface area contributed by atoms with Gasteiger partial charge in [-0.15, -0.1) is 0 Å². The minimum atomic E-state index is -4.41. The van der Waals surface area contributed by atoms with Crippen molar-refractivity contribution < 1.29 is 18.0 Å². The molecule has 2 heterocycles. The molecule has 27 heavy (non-hydrogen) atoms. The van der Waals surface area contributed by atoms with Crippen molar-refractivity contribution in [2.45, 2.75) is 43.8 Å². The van der Waals surface area contributed by atoms with E-state index in [1.54, 1.807) is 43.3 Å². The van der Waals surface area contributed by atoms with Crippen LogP contribution in [0.4, 0.5) is 13.2 Å². The predicted molar refractivity (Wildman–Crippen MR) is 97.4 cm³/mol. The van der Waals surface area contributed by atoms with Crippen molar-refractivity contribution in [1.82, 2.24) is 9.88 Å². The maximum Gasteiger partial charge on any atom is 0.391 e. The minimum absolute atomic E-state index is 0.253.